The first kappa shape index (κ1) is 16.8. The van der Waals surface area contributed by atoms with Gasteiger partial charge in [0.05, 0.1) is 11.7 Å². The number of benzene rings is 1. The smallest absolute Gasteiger partial charge is 0.223 e. The minimum absolute atomic E-state index is 0.0949. The molecular weight excluding hydrogens is 326 g/mol. The van der Waals surface area contributed by atoms with Crippen molar-refractivity contribution in [3.05, 3.63) is 35.9 Å². The van der Waals surface area contributed by atoms with Crippen molar-refractivity contribution >= 4 is 5.91 Å². The molecule has 1 amide bonds. The molecule has 1 heterocycles. The fourth-order valence-electron chi connectivity index (χ4n) is 6.85. The van der Waals surface area contributed by atoms with Gasteiger partial charge in [-0.3, -0.25) is 4.79 Å². The number of hydrogen-bond acceptors (Lipinski definition) is 3. The highest BCUT2D eigenvalue weighted by molar-refractivity contribution is 5.79. The second-order valence-corrected chi connectivity index (χ2v) is 9.49. The molecule has 4 aliphatic carbocycles. The normalized spacial score (nSPS) is 44.2. The van der Waals surface area contributed by atoms with Crippen LogP contribution in [0.25, 0.3) is 0 Å². The van der Waals surface area contributed by atoms with Crippen molar-refractivity contribution in [2.24, 2.45) is 23.7 Å². The number of β-amino-alcohol motifs (C(OH)–C–C–N with tert-alkyl or cyclic N) is 1. The summed E-state index contributed by atoms with van der Waals surface area (Å²) < 4.78 is 0. The van der Waals surface area contributed by atoms with Gasteiger partial charge in [0, 0.05) is 24.9 Å². The molecule has 1 aliphatic heterocycles. The summed E-state index contributed by atoms with van der Waals surface area (Å²) >= 11 is 0. The highest BCUT2D eigenvalue weighted by Gasteiger charge is 2.64. The van der Waals surface area contributed by atoms with E-state index < -0.39 is 5.60 Å². The van der Waals surface area contributed by atoms with Crippen LogP contribution in [0.3, 0.4) is 0 Å². The molecule has 0 spiro atoms. The Hall–Kier alpha value is -1.39. The van der Waals surface area contributed by atoms with E-state index in [0.717, 1.165) is 25.7 Å². The van der Waals surface area contributed by atoms with Crippen molar-refractivity contribution < 1.29 is 15.0 Å². The van der Waals surface area contributed by atoms with E-state index in [1.807, 2.05) is 17.9 Å². The number of nitrogens with zero attached hydrogens (tertiary/aromatic N) is 1. The predicted octanol–water partition coefficient (Wildman–Crippen LogP) is 2.33. The van der Waals surface area contributed by atoms with Crippen LogP contribution in [-0.4, -0.2) is 45.8 Å². The average molecular weight is 355 g/mol. The second kappa shape index (κ2) is 5.56. The van der Waals surface area contributed by atoms with Crippen LogP contribution >= 0.6 is 0 Å². The Kier molecular flexibility index (Phi) is 3.58. The molecule has 140 valence electrons. The SMILES string of the molecule is CC1(O)C2CC3CC1CC(C2)C3(CC(=O)N1CC(O)C1)c1ccccc1. The molecule has 0 radical (unpaired) electrons. The Morgan fingerprint density at radius 1 is 1.04 bits per heavy atom. The molecule has 4 saturated carbocycles. The lowest BCUT2D eigenvalue weighted by molar-refractivity contribution is -0.195. The van der Waals surface area contributed by atoms with Crippen molar-refractivity contribution in [3.8, 4) is 0 Å². The number of carbonyl (C=O) groups excluding carboxylic acids is 1. The zero-order chi connectivity index (χ0) is 18.1. The van der Waals surface area contributed by atoms with Crippen LogP contribution in [0.15, 0.2) is 30.3 Å². The molecule has 6 rings (SSSR count). The lowest BCUT2D eigenvalue weighted by Gasteiger charge is -2.66. The third-order valence-corrected chi connectivity index (χ3v) is 8.36. The fourth-order valence-corrected chi connectivity index (χ4v) is 6.85. The summed E-state index contributed by atoms with van der Waals surface area (Å²) in [5.41, 5.74) is 0.687. The quantitative estimate of drug-likeness (QED) is 0.875. The maximum absolute atomic E-state index is 13.0. The standard InChI is InChI=1S/C22H29NO3/c1-21(26)15-7-17-9-16(21)10-18(8-15)22(17,14-5-3-2-4-6-14)11-20(25)23-12-19(24)13-23/h2-6,15-19,24,26H,7-13H2,1H3. The number of likely N-dealkylation sites (tertiary alicyclic amines) is 1. The molecule has 4 heteroatoms. The van der Waals surface area contributed by atoms with E-state index in [2.05, 4.69) is 24.3 Å². The van der Waals surface area contributed by atoms with E-state index in [1.165, 1.54) is 5.56 Å². The maximum Gasteiger partial charge on any atom is 0.223 e. The lowest BCUT2D eigenvalue weighted by Crippen LogP contribution is -2.65. The predicted molar refractivity (Wildman–Crippen MR) is 98.4 cm³/mol. The van der Waals surface area contributed by atoms with Crippen LogP contribution < -0.4 is 0 Å². The first-order valence-electron chi connectivity index (χ1n) is 10.1. The third-order valence-electron chi connectivity index (χ3n) is 8.36. The third kappa shape index (κ3) is 2.18. The monoisotopic (exact) mass is 355 g/mol. The van der Waals surface area contributed by atoms with Gasteiger partial charge in [-0.05, 0) is 61.8 Å². The first-order chi connectivity index (χ1) is 12.4. The van der Waals surface area contributed by atoms with E-state index >= 15 is 0 Å². The highest BCUT2D eigenvalue weighted by atomic mass is 16.3. The molecule has 1 aromatic rings. The molecule has 2 N–H and O–H groups in total. The molecule has 0 atom stereocenters. The fraction of sp³-hybridized carbons (Fsp3) is 0.682. The number of aliphatic hydroxyl groups is 2. The number of rotatable bonds is 3. The molecule has 26 heavy (non-hydrogen) atoms. The van der Waals surface area contributed by atoms with Gasteiger partial charge in [-0.2, -0.15) is 0 Å². The summed E-state index contributed by atoms with van der Waals surface area (Å²) in [6, 6.07) is 10.6. The number of carbonyl (C=O) groups is 1. The van der Waals surface area contributed by atoms with Crippen molar-refractivity contribution in [3.63, 3.8) is 0 Å². The number of amides is 1. The topological polar surface area (TPSA) is 60.8 Å². The molecule has 1 aromatic carbocycles. The van der Waals surface area contributed by atoms with Crippen LogP contribution in [-0.2, 0) is 10.2 Å². The second-order valence-electron chi connectivity index (χ2n) is 9.49. The largest absolute Gasteiger partial charge is 0.390 e. The first-order valence-corrected chi connectivity index (χ1v) is 10.1. The van der Waals surface area contributed by atoms with Crippen molar-refractivity contribution in [2.75, 3.05) is 13.1 Å². The summed E-state index contributed by atoms with van der Waals surface area (Å²) in [6.45, 7) is 3.01. The van der Waals surface area contributed by atoms with Crippen molar-refractivity contribution in [2.45, 2.75) is 56.1 Å². The van der Waals surface area contributed by atoms with Gasteiger partial charge in [0.2, 0.25) is 5.91 Å². The summed E-state index contributed by atoms with van der Waals surface area (Å²) in [7, 11) is 0. The Labute approximate surface area is 155 Å². The Bertz CT molecular complexity index is 675. The molecule has 5 fully saturated rings. The summed E-state index contributed by atoms with van der Waals surface area (Å²) in [4.78, 5) is 14.9. The number of aliphatic hydroxyl groups excluding tert-OH is 1. The van der Waals surface area contributed by atoms with Crippen LogP contribution in [0, 0.1) is 23.7 Å². The van der Waals surface area contributed by atoms with Crippen molar-refractivity contribution in [1.82, 2.24) is 4.90 Å². The average Bonchev–Trinajstić information content (AvgIpc) is 2.57. The molecule has 0 aromatic heterocycles. The molecule has 0 unspecified atom stereocenters. The molecule has 1 saturated heterocycles. The molecule has 5 aliphatic rings. The van der Waals surface area contributed by atoms with Gasteiger partial charge in [-0.25, -0.2) is 0 Å². The van der Waals surface area contributed by atoms with Gasteiger partial charge in [-0.15, -0.1) is 0 Å². The number of hydrogen-bond donors (Lipinski definition) is 2. The van der Waals surface area contributed by atoms with Gasteiger partial charge in [0.15, 0.2) is 0 Å². The minimum atomic E-state index is -0.526. The lowest BCUT2D eigenvalue weighted by atomic mass is 9.40. The van der Waals surface area contributed by atoms with Gasteiger partial charge >= 0.3 is 0 Å². The Morgan fingerprint density at radius 2 is 1.58 bits per heavy atom. The van der Waals surface area contributed by atoms with E-state index in [0.29, 0.717) is 43.2 Å². The van der Waals surface area contributed by atoms with Gasteiger partial charge < -0.3 is 15.1 Å². The molecular formula is C22H29NO3. The van der Waals surface area contributed by atoms with Crippen LogP contribution in [0.4, 0.5) is 0 Å². The summed E-state index contributed by atoms with van der Waals surface area (Å²) in [5.74, 6) is 1.90. The van der Waals surface area contributed by atoms with E-state index in [9.17, 15) is 15.0 Å². The Morgan fingerprint density at radius 3 is 2.08 bits per heavy atom. The Balaban J connectivity index is 1.51. The minimum Gasteiger partial charge on any atom is -0.390 e. The van der Waals surface area contributed by atoms with Gasteiger partial charge in [-0.1, -0.05) is 30.3 Å². The van der Waals surface area contributed by atoms with Crippen LogP contribution in [0.1, 0.15) is 44.6 Å². The van der Waals surface area contributed by atoms with E-state index in [-0.39, 0.29) is 17.4 Å². The van der Waals surface area contributed by atoms with E-state index in [4.69, 9.17) is 0 Å². The van der Waals surface area contributed by atoms with Crippen LogP contribution in [0.5, 0.6) is 0 Å². The van der Waals surface area contributed by atoms with Gasteiger partial charge in [0.25, 0.3) is 0 Å². The van der Waals surface area contributed by atoms with E-state index in [1.54, 1.807) is 0 Å². The summed E-state index contributed by atoms with van der Waals surface area (Å²) in [5, 5.41) is 20.6. The molecule has 4 bridgehead atoms. The van der Waals surface area contributed by atoms with Crippen LogP contribution in [0.2, 0.25) is 0 Å². The summed E-state index contributed by atoms with van der Waals surface area (Å²) in [6.07, 6.45) is 4.34. The zero-order valence-electron chi connectivity index (χ0n) is 15.5. The maximum atomic E-state index is 13.0. The van der Waals surface area contributed by atoms with Crippen molar-refractivity contribution in [1.29, 1.82) is 0 Å². The molecule has 4 nitrogen and oxygen atoms in total. The highest BCUT2D eigenvalue weighted by Crippen LogP contribution is 2.66. The zero-order valence-corrected chi connectivity index (χ0v) is 15.5. The van der Waals surface area contributed by atoms with Gasteiger partial charge in [0.1, 0.15) is 0 Å².